The number of carboxylic acid groups (broad SMARTS) is 1. The van der Waals surface area contributed by atoms with Gasteiger partial charge in [-0.2, -0.15) is 0 Å². The van der Waals surface area contributed by atoms with Crippen LogP contribution in [0.25, 0.3) is 11.1 Å². The van der Waals surface area contributed by atoms with E-state index in [2.05, 4.69) is 21.3 Å². The number of hydrogen-bond acceptors (Lipinski definition) is 7. The molecule has 1 aromatic heterocycles. The van der Waals surface area contributed by atoms with Crippen LogP contribution < -0.4 is 26.0 Å². The van der Waals surface area contributed by atoms with E-state index in [1.54, 1.807) is 24.3 Å². The minimum atomic E-state index is -1.25. The van der Waals surface area contributed by atoms with Crippen molar-refractivity contribution in [3.05, 3.63) is 148 Å². The number of carbonyl (C=O) groups excluding carboxylic acids is 4. The van der Waals surface area contributed by atoms with Gasteiger partial charge in [-0.05, 0) is 64.2 Å². The zero-order valence-electron chi connectivity index (χ0n) is 30.0. The topological polar surface area (TPSA) is 163 Å². The first kappa shape index (κ1) is 38.5. The summed E-state index contributed by atoms with van der Waals surface area (Å²) >= 11 is 1.43. The molecule has 0 spiro atoms. The maximum absolute atomic E-state index is 14.3. The number of aliphatic carboxylic acids is 1. The molecule has 0 fully saturated rings. The van der Waals surface area contributed by atoms with Crippen molar-refractivity contribution in [3.8, 4) is 16.9 Å². The molecule has 3 heterocycles. The van der Waals surface area contributed by atoms with Crippen molar-refractivity contribution in [1.29, 1.82) is 0 Å². The molecular formula is C43H42N4O7S. The van der Waals surface area contributed by atoms with Gasteiger partial charge in [-0.15, -0.1) is 11.3 Å². The van der Waals surface area contributed by atoms with Crippen molar-refractivity contribution in [3.63, 3.8) is 0 Å². The quantitative estimate of drug-likeness (QED) is 0.146. The van der Waals surface area contributed by atoms with E-state index in [-0.39, 0.29) is 32.3 Å². The SMILES string of the molecule is O=C1COc2ccc(cc2)CC[C@@H](C(=O)O)NC(=O)[C@H](Cc2ccccc2)NC(=O)[C@@H](Cc2ccc(-c3ccccc3)cc2)NC(=O)[C@@H](Cc2cccs2)N1. The van der Waals surface area contributed by atoms with E-state index in [1.807, 2.05) is 102 Å². The van der Waals surface area contributed by atoms with Gasteiger partial charge in [0.2, 0.25) is 17.7 Å². The number of benzene rings is 4. The number of hydrogen-bond donors (Lipinski definition) is 5. The molecule has 0 unspecified atom stereocenters. The Labute approximate surface area is 323 Å². The fourth-order valence-corrected chi connectivity index (χ4v) is 7.08. The number of fused-ring (bicyclic) bond motifs is 17. The Morgan fingerprint density at radius 2 is 1.18 bits per heavy atom. The highest BCUT2D eigenvalue weighted by Gasteiger charge is 2.32. The highest BCUT2D eigenvalue weighted by molar-refractivity contribution is 7.09. The van der Waals surface area contributed by atoms with E-state index in [0.29, 0.717) is 12.2 Å². The Morgan fingerprint density at radius 3 is 1.78 bits per heavy atom. The number of carboxylic acids is 1. The van der Waals surface area contributed by atoms with Crippen LogP contribution in [0.5, 0.6) is 5.75 Å². The molecule has 4 aromatic carbocycles. The minimum Gasteiger partial charge on any atom is -0.484 e. The molecule has 5 aromatic rings. The Bertz CT molecular complexity index is 2060. The van der Waals surface area contributed by atoms with Crippen LogP contribution >= 0.6 is 11.3 Å². The lowest BCUT2D eigenvalue weighted by atomic mass is 9.99. The number of thiophene rings is 1. The molecule has 0 saturated carbocycles. The van der Waals surface area contributed by atoms with Gasteiger partial charge >= 0.3 is 5.97 Å². The smallest absolute Gasteiger partial charge is 0.326 e. The van der Waals surface area contributed by atoms with Gasteiger partial charge in [-0.1, -0.05) is 103 Å². The van der Waals surface area contributed by atoms with Crippen molar-refractivity contribution in [2.45, 2.75) is 56.3 Å². The maximum atomic E-state index is 14.3. The van der Waals surface area contributed by atoms with Gasteiger partial charge in [0.25, 0.3) is 5.91 Å². The van der Waals surface area contributed by atoms with E-state index in [4.69, 9.17) is 4.74 Å². The van der Waals surface area contributed by atoms with Gasteiger partial charge in [0, 0.05) is 24.1 Å². The minimum absolute atomic E-state index is 0.0580. The van der Waals surface area contributed by atoms with Crippen molar-refractivity contribution in [2.75, 3.05) is 6.61 Å². The lowest BCUT2D eigenvalue weighted by Gasteiger charge is -2.26. The van der Waals surface area contributed by atoms with Crippen molar-refractivity contribution in [1.82, 2.24) is 21.3 Å². The van der Waals surface area contributed by atoms with Crippen LogP contribution in [-0.4, -0.2) is 65.5 Å². The van der Waals surface area contributed by atoms with Gasteiger partial charge in [-0.25, -0.2) is 4.79 Å². The van der Waals surface area contributed by atoms with Gasteiger partial charge in [0.15, 0.2) is 6.61 Å². The summed E-state index contributed by atoms with van der Waals surface area (Å²) in [5.41, 5.74) is 4.27. The lowest BCUT2D eigenvalue weighted by molar-refractivity contribution is -0.142. The molecule has 5 N–H and O–H groups in total. The molecule has 55 heavy (non-hydrogen) atoms. The van der Waals surface area contributed by atoms with Crippen LogP contribution in [0, 0.1) is 0 Å². The summed E-state index contributed by atoms with van der Waals surface area (Å²) < 4.78 is 5.71. The third-order valence-electron chi connectivity index (χ3n) is 9.32. The number of amides is 4. The fourth-order valence-electron chi connectivity index (χ4n) is 6.33. The first-order chi connectivity index (χ1) is 26.7. The zero-order valence-corrected chi connectivity index (χ0v) is 30.8. The van der Waals surface area contributed by atoms with E-state index >= 15 is 0 Å². The number of nitrogens with one attached hydrogen (secondary N) is 4. The lowest BCUT2D eigenvalue weighted by Crippen LogP contribution is -2.59. The van der Waals surface area contributed by atoms with Gasteiger partial charge in [0.1, 0.15) is 29.9 Å². The number of carbonyl (C=O) groups is 5. The second kappa shape index (κ2) is 18.7. The van der Waals surface area contributed by atoms with Gasteiger partial charge in [0.05, 0.1) is 0 Å². The van der Waals surface area contributed by atoms with Crippen LogP contribution in [0.3, 0.4) is 0 Å². The van der Waals surface area contributed by atoms with E-state index in [9.17, 15) is 29.1 Å². The number of ether oxygens (including phenoxy) is 1. The third-order valence-corrected chi connectivity index (χ3v) is 10.2. The second-order valence-electron chi connectivity index (χ2n) is 13.4. The number of aryl methyl sites for hydroxylation is 1. The molecule has 2 aliphatic heterocycles. The second-order valence-corrected chi connectivity index (χ2v) is 14.4. The maximum Gasteiger partial charge on any atom is 0.326 e. The zero-order chi connectivity index (χ0) is 38.6. The molecule has 282 valence electrons. The Balaban J connectivity index is 1.33. The summed E-state index contributed by atoms with van der Waals surface area (Å²) in [5, 5.41) is 23.1. The Kier molecular flexibility index (Phi) is 13.0. The molecule has 0 radical (unpaired) electrons. The third kappa shape index (κ3) is 11.1. The van der Waals surface area contributed by atoms with Gasteiger partial charge < -0.3 is 31.1 Å². The summed E-state index contributed by atoms with van der Waals surface area (Å²) in [6, 6.07) is 32.4. The molecule has 0 saturated heterocycles. The van der Waals surface area contributed by atoms with E-state index in [0.717, 1.165) is 32.7 Å². The predicted molar refractivity (Wildman–Crippen MR) is 209 cm³/mol. The van der Waals surface area contributed by atoms with Crippen LogP contribution in [-0.2, 0) is 49.7 Å². The summed E-state index contributed by atoms with van der Waals surface area (Å²) in [5.74, 6) is -3.26. The molecular weight excluding hydrogens is 717 g/mol. The summed E-state index contributed by atoms with van der Waals surface area (Å²) in [6.07, 6.45) is 0.700. The highest BCUT2D eigenvalue weighted by Crippen LogP contribution is 2.21. The molecule has 12 heteroatoms. The molecule has 4 atom stereocenters. The molecule has 0 aliphatic carbocycles. The normalized spacial score (nSPS) is 19.9. The molecule has 11 nitrogen and oxygen atoms in total. The molecule has 4 amide bonds. The average Bonchev–Trinajstić information content (AvgIpc) is 3.72. The average molecular weight is 759 g/mol. The van der Waals surface area contributed by atoms with Crippen LogP contribution in [0.2, 0.25) is 0 Å². The van der Waals surface area contributed by atoms with Crippen LogP contribution in [0.4, 0.5) is 0 Å². The van der Waals surface area contributed by atoms with Crippen LogP contribution in [0.1, 0.15) is 28.0 Å². The van der Waals surface area contributed by atoms with Crippen LogP contribution in [0.15, 0.2) is 127 Å². The Hall–Kier alpha value is -6.27. The Morgan fingerprint density at radius 1 is 0.618 bits per heavy atom. The van der Waals surface area contributed by atoms with Crippen molar-refractivity contribution >= 4 is 40.9 Å². The number of rotatable bonds is 8. The fraction of sp³-hybridized carbons (Fsp3) is 0.233. The predicted octanol–water partition coefficient (Wildman–Crippen LogP) is 4.49. The monoisotopic (exact) mass is 758 g/mol. The standard InChI is InChI=1S/C43H42N4O7S/c48-39-27-54-33-20-15-28(16-21-33)17-22-35(43(52)53)45-40(49)36(24-29-8-3-1-4-9-29)46-41(50)37(47-42(51)38(44-39)26-34-12-7-23-55-34)25-30-13-18-32(19-14-30)31-10-5-2-6-11-31/h1-16,18-21,23,35-38H,17,22,24-27H2,(H,44,48)(H,45,49)(H,46,50)(H,47,51)(H,52,53)/t35-,36-,37+,38+/m0/s1. The summed E-state index contributed by atoms with van der Waals surface area (Å²) in [6.45, 7) is -0.362. The molecule has 2 aliphatic rings. The largest absolute Gasteiger partial charge is 0.484 e. The van der Waals surface area contributed by atoms with Crippen molar-refractivity contribution in [2.24, 2.45) is 0 Å². The highest BCUT2D eigenvalue weighted by atomic mass is 32.1. The van der Waals surface area contributed by atoms with Gasteiger partial charge in [-0.3, -0.25) is 19.2 Å². The summed E-state index contributed by atoms with van der Waals surface area (Å²) in [7, 11) is 0. The first-order valence-corrected chi connectivity index (χ1v) is 18.9. The van der Waals surface area contributed by atoms with Crippen molar-refractivity contribution < 1.29 is 33.8 Å². The van der Waals surface area contributed by atoms with E-state index < -0.39 is 53.8 Å². The first-order valence-electron chi connectivity index (χ1n) is 18.1. The van der Waals surface area contributed by atoms with E-state index in [1.165, 1.54) is 11.3 Å². The summed E-state index contributed by atoms with van der Waals surface area (Å²) in [4.78, 5) is 68.7. The molecule has 2 bridgehead atoms. The molecule has 7 rings (SSSR count).